The summed E-state index contributed by atoms with van der Waals surface area (Å²) in [6, 6.07) is 17.7. The number of nitrogens with zero attached hydrogens (tertiary/aromatic N) is 1. The predicted octanol–water partition coefficient (Wildman–Crippen LogP) is 11.4. The van der Waals surface area contributed by atoms with Crippen molar-refractivity contribution in [3.63, 3.8) is 0 Å². The van der Waals surface area contributed by atoms with Crippen LogP contribution in [0.15, 0.2) is 101 Å². The van der Waals surface area contributed by atoms with Gasteiger partial charge in [0.05, 0.1) is 5.41 Å². The summed E-state index contributed by atoms with van der Waals surface area (Å²) in [6.45, 7) is 13.7. The van der Waals surface area contributed by atoms with Crippen molar-refractivity contribution in [3.05, 3.63) is 129 Å². The Morgan fingerprint density at radius 2 is 1.80 bits per heavy atom. The van der Waals surface area contributed by atoms with Crippen molar-refractivity contribution in [1.29, 1.82) is 0 Å². The van der Waals surface area contributed by atoms with E-state index in [-0.39, 0.29) is 10.8 Å². The van der Waals surface area contributed by atoms with Gasteiger partial charge < -0.3 is 5.32 Å². The zero-order valence-corrected chi connectivity index (χ0v) is 31.0. The van der Waals surface area contributed by atoms with Gasteiger partial charge in [0.1, 0.15) is 7.05 Å². The van der Waals surface area contributed by atoms with Gasteiger partial charge in [0.25, 0.3) is 0 Å². The number of halogens is 2. The van der Waals surface area contributed by atoms with Gasteiger partial charge in [-0.1, -0.05) is 115 Å². The van der Waals surface area contributed by atoms with E-state index in [1.807, 2.05) is 7.05 Å². The molecule has 2 nitrogen and oxygen atoms in total. The minimum atomic E-state index is -0.211. The molecule has 0 saturated carbocycles. The van der Waals surface area contributed by atoms with Crippen LogP contribution >= 0.6 is 34.2 Å². The van der Waals surface area contributed by atoms with E-state index < -0.39 is 0 Å². The molecule has 45 heavy (non-hydrogen) atoms. The first-order chi connectivity index (χ1) is 21.5. The molecule has 1 heterocycles. The molecule has 0 amide bonds. The van der Waals surface area contributed by atoms with Gasteiger partial charge in [-0.3, -0.25) is 0 Å². The first-order valence-corrected chi connectivity index (χ1v) is 18.0. The van der Waals surface area contributed by atoms with Crippen LogP contribution in [0.1, 0.15) is 81.7 Å². The smallest absolute Gasteiger partial charge is 0.210 e. The SMILES string of the molecule is C/C=C\c1c(CI)ccc2c1C(C)(C)C(C=CC1=C(Cl)C(=CC=C(NC)C(C)(C)c3c(C)ccc4ccccc34)CCC1)=[N+]2C. The van der Waals surface area contributed by atoms with Gasteiger partial charge in [-0.05, 0) is 97.2 Å². The molecule has 0 fully saturated rings. The number of allylic oxidation sites excluding steroid dienone is 9. The molecule has 3 aromatic rings. The third-order valence-electron chi connectivity index (χ3n) is 9.83. The van der Waals surface area contributed by atoms with Crippen LogP contribution in [0.2, 0.25) is 0 Å². The summed E-state index contributed by atoms with van der Waals surface area (Å²) in [7, 11) is 4.22. The number of benzene rings is 3. The lowest BCUT2D eigenvalue weighted by Crippen LogP contribution is -2.29. The molecule has 0 bridgehead atoms. The Labute approximate surface area is 289 Å². The Balaban J connectivity index is 1.49. The molecular weight excluding hydrogens is 683 g/mol. The number of nitrogens with one attached hydrogen (secondary N) is 1. The topological polar surface area (TPSA) is 15.0 Å². The van der Waals surface area contributed by atoms with Gasteiger partial charge in [0.15, 0.2) is 5.71 Å². The molecule has 0 radical (unpaired) electrons. The second-order valence-corrected chi connectivity index (χ2v) is 14.5. The molecule has 1 aliphatic heterocycles. The lowest BCUT2D eigenvalue weighted by molar-refractivity contribution is -0.401. The number of likely N-dealkylation sites (N-methyl/N-ethyl adjacent to an activating group) is 1. The molecule has 3 aromatic carbocycles. The lowest BCUT2D eigenvalue weighted by Gasteiger charge is -2.31. The minimum absolute atomic E-state index is 0.118. The van der Waals surface area contributed by atoms with Crippen molar-refractivity contribution in [2.75, 3.05) is 14.1 Å². The average molecular weight is 730 g/mol. The molecular formula is C41H47ClIN2+. The van der Waals surface area contributed by atoms with E-state index in [4.69, 9.17) is 11.6 Å². The Morgan fingerprint density at radius 1 is 1.04 bits per heavy atom. The van der Waals surface area contributed by atoms with E-state index in [0.29, 0.717) is 0 Å². The maximum atomic E-state index is 7.18. The fraction of sp³-hybridized carbons (Fsp3) is 0.341. The summed E-state index contributed by atoms with van der Waals surface area (Å²) in [6.07, 6.45) is 16.6. The van der Waals surface area contributed by atoms with Crippen molar-refractivity contribution in [1.82, 2.24) is 5.32 Å². The van der Waals surface area contributed by atoms with Crippen LogP contribution in [0.25, 0.3) is 16.8 Å². The number of rotatable bonds is 8. The van der Waals surface area contributed by atoms with Crippen LogP contribution in [0.5, 0.6) is 0 Å². The predicted molar refractivity (Wildman–Crippen MR) is 206 cm³/mol. The zero-order chi connectivity index (χ0) is 32.5. The number of aryl methyl sites for hydroxylation is 1. The molecule has 0 spiro atoms. The first-order valence-electron chi connectivity index (χ1n) is 16.1. The molecule has 0 aromatic heterocycles. The van der Waals surface area contributed by atoms with E-state index in [0.717, 1.165) is 28.7 Å². The van der Waals surface area contributed by atoms with Gasteiger partial charge >= 0.3 is 0 Å². The van der Waals surface area contributed by atoms with Crippen molar-refractivity contribution in [3.8, 4) is 0 Å². The number of hydrogen-bond donors (Lipinski definition) is 1. The fourth-order valence-electron chi connectivity index (χ4n) is 7.58. The quantitative estimate of drug-likeness (QED) is 0.139. The Morgan fingerprint density at radius 3 is 2.51 bits per heavy atom. The third-order valence-corrected chi connectivity index (χ3v) is 11.1. The maximum Gasteiger partial charge on any atom is 0.210 e. The van der Waals surface area contributed by atoms with Gasteiger partial charge in [-0.2, -0.15) is 4.58 Å². The van der Waals surface area contributed by atoms with Crippen molar-refractivity contribution < 1.29 is 4.58 Å². The highest BCUT2D eigenvalue weighted by Crippen LogP contribution is 2.44. The van der Waals surface area contributed by atoms with Gasteiger partial charge in [0.2, 0.25) is 5.69 Å². The fourth-order valence-corrected chi connectivity index (χ4v) is 8.56. The molecule has 0 atom stereocenters. The second kappa shape index (κ2) is 13.5. The van der Waals surface area contributed by atoms with Crippen LogP contribution in [-0.2, 0) is 15.3 Å². The molecule has 1 aliphatic carbocycles. The normalized spacial score (nSPS) is 18.3. The summed E-state index contributed by atoms with van der Waals surface area (Å²) in [5.74, 6) is 0. The summed E-state index contributed by atoms with van der Waals surface area (Å²) in [5.41, 5.74) is 12.7. The second-order valence-electron chi connectivity index (χ2n) is 13.4. The highest BCUT2D eigenvalue weighted by Gasteiger charge is 2.45. The van der Waals surface area contributed by atoms with Crippen LogP contribution in [0.3, 0.4) is 0 Å². The number of fused-ring (bicyclic) bond motifs is 2. The zero-order valence-electron chi connectivity index (χ0n) is 28.1. The summed E-state index contributed by atoms with van der Waals surface area (Å²) in [4.78, 5) is 0. The largest absolute Gasteiger partial charge is 0.391 e. The standard InChI is InChI=1S/C41H46ClIN2/c1-9-13-32-31(26-43)20-23-34-38(32)41(5,6)36(45(34)8)25-22-30-16-12-15-29(39(30)42)21-24-35(44-7)40(3,4)37-27(2)18-19-28-14-10-11-17-33(28)37/h9-11,13-14,17-25H,12,15-16,26H2,1-8H3/p+1/b13-9-. The summed E-state index contributed by atoms with van der Waals surface area (Å²) >= 11 is 9.65. The number of hydrogen-bond acceptors (Lipinski definition) is 1. The Hall–Kier alpha value is -2.89. The average Bonchev–Trinajstić information content (AvgIpc) is 3.21. The van der Waals surface area contributed by atoms with E-state index in [1.165, 1.54) is 66.8 Å². The third kappa shape index (κ3) is 6.15. The van der Waals surface area contributed by atoms with E-state index in [2.05, 4.69) is 166 Å². The van der Waals surface area contributed by atoms with Gasteiger partial charge in [-0.15, -0.1) is 0 Å². The summed E-state index contributed by atoms with van der Waals surface area (Å²) < 4.78 is 3.36. The molecule has 2 aliphatic rings. The molecule has 0 unspecified atom stereocenters. The van der Waals surface area contributed by atoms with Crippen molar-refractivity contribution in [2.24, 2.45) is 0 Å². The highest BCUT2D eigenvalue weighted by molar-refractivity contribution is 14.1. The Kier molecular flexibility index (Phi) is 10.0. The minimum Gasteiger partial charge on any atom is -0.391 e. The lowest BCUT2D eigenvalue weighted by atomic mass is 9.76. The molecule has 1 N–H and O–H groups in total. The van der Waals surface area contributed by atoms with Gasteiger partial charge in [0, 0.05) is 45.3 Å². The monoisotopic (exact) mass is 729 g/mol. The summed E-state index contributed by atoms with van der Waals surface area (Å²) in [5, 5.41) is 7.01. The number of alkyl halides is 1. The molecule has 4 heteroatoms. The van der Waals surface area contributed by atoms with E-state index in [9.17, 15) is 0 Å². The van der Waals surface area contributed by atoms with Crippen LogP contribution < -0.4 is 5.32 Å². The van der Waals surface area contributed by atoms with E-state index in [1.54, 1.807) is 0 Å². The first kappa shape index (κ1) is 33.5. The molecule has 234 valence electrons. The molecule has 0 saturated heterocycles. The van der Waals surface area contributed by atoms with Crippen molar-refractivity contribution >= 4 is 62.4 Å². The van der Waals surface area contributed by atoms with Crippen molar-refractivity contribution in [2.45, 2.75) is 76.1 Å². The van der Waals surface area contributed by atoms with E-state index >= 15 is 0 Å². The van der Waals surface area contributed by atoms with Gasteiger partial charge in [-0.25, -0.2) is 0 Å². The Bertz CT molecular complexity index is 1830. The van der Waals surface area contributed by atoms with Crippen LogP contribution in [-0.4, -0.2) is 24.4 Å². The van der Waals surface area contributed by atoms with Crippen LogP contribution in [0.4, 0.5) is 5.69 Å². The van der Waals surface area contributed by atoms with Crippen LogP contribution in [0, 0.1) is 6.92 Å². The highest BCUT2D eigenvalue weighted by atomic mass is 127. The molecule has 5 rings (SSSR count). The maximum absolute atomic E-state index is 7.18.